The highest BCUT2D eigenvalue weighted by Crippen LogP contribution is 2.83. The molecule has 3 saturated heterocycles. The zero-order chi connectivity index (χ0) is 20.3. The van der Waals surface area contributed by atoms with Gasteiger partial charge in [0.15, 0.2) is 22.3 Å². The molecule has 0 aromatic carbocycles. The second-order valence-corrected chi connectivity index (χ2v) is 8.17. The van der Waals surface area contributed by atoms with Crippen LogP contribution in [0.25, 0.3) is 0 Å². The minimum atomic E-state index is -2.22. The summed E-state index contributed by atoms with van der Waals surface area (Å²) in [5.41, 5.74) is -8.74. The second kappa shape index (κ2) is 4.65. The molecule has 0 aromatic rings. The first-order valence-corrected chi connectivity index (χ1v) is 9.23. The van der Waals surface area contributed by atoms with Crippen LogP contribution in [0.2, 0.25) is 0 Å². The number of carbonyl (C=O) groups excluding carboxylic acids is 4. The van der Waals surface area contributed by atoms with Crippen molar-refractivity contribution in [2.24, 2.45) is 10.8 Å². The molecule has 0 aromatic heterocycles. The Kier molecular flexibility index (Phi) is 2.96. The van der Waals surface area contributed by atoms with Crippen molar-refractivity contribution in [3.05, 3.63) is 12.2 Å². The van der Waals surface area contributed by atoms with Gasteiger partial charge in [0.25, 0.3) is 5.91 Å². The lowest BCUT2D eigenvalue weighted by molar-refractivity contribution is -0.229. The van der Waals surface area contributed by atoms with E-state index in [0.29, 0.717) is 12.8 Å². The molecule has 6 atom stereocenters. The van der Waals surface area contributed by atoms with Gasteiger partial charge < -0.3 is 23.8 Å². The number of likely N-dealkylation sites (tertiary alicyclic amines) is 1. The van der Waals surface area contributed by atoms with Gasteiger partial charge in [-0.15, -0.1) is 0 Å². The van der Waals surface area contributed by atoms with Crippen LogP contribution in [0.1, 0.15) is 26.2 Å². The van der Waals surface area contributed by atoms with Crippen LogP contribution >= 0.6 is 0 Å². The van der Waals surface area contributed by atoms with Crippen LogP contribution in [0.15, 0.2) is 12.2 Å². The monoisotopic (exact) mass is 391 g/mol. The summed E-state index contributed by atoms with van der Waals surface area (Å²) in [6.07, 6.45) is 3.63. The number of rotatable bonds is 3. The molecule has 9 nitrogen and oxygen atoms in total. The zero-order valence-corrected chi connectivity index (χ0v) is 16.1. The Labute approximate surface area is 160 Å². The molecular formula is C19H21NO8. The number of hydrogen-bond acceptors (Lipinski definition) is 8. The molecule has 2 spiro atoms. The van der Waals surface area contributed by atoms with Gasteiger partial charge in [0.05, 0.1) is 20.3 Å². The molecule has 1 amide bonds. The minimum Gasteiger partial charge on any atom is -0.468 e. The van der Waals surface area contributed by atoms with Gasteiger partial charge in [0.1, 0.15) is 5.60 Å². The maximum Gasteiger partial charge on any atom is 0.321 e. The molecule has 0 N–H and O–H groups in total. The molecule has 1 aliphatic carbocycles. The van der Waals surface area contributed by atoms with Gasteiger partial charge in [-0.3, -0.25) is 19.2 Å². The van der Waals surface area contributed by atoms with Crippen molar-refractivity contribution < 1.29 is 38.1 Å². The number of piperidine rings is 1. The molecule has 5 aliphatic rings. The standard InChI is InChI=1S/C19H21NO8/c1-10(21)18-12(22)20(2)16(28-18)8-5-7-15-9-6-11(27-15)17(18,13(23)25-3)19(15,16)14(24)26-4/h6,9,11H,5,7-8H2,1-4H3/t11-,15+,16+,17-,18-,19-/m1/s1. The molecule has 4 aliphatic heterocycles. The highest BCUT2D eigenvalue weighted by Gasteiger charge is 3.03. The summed E-state index contributed by atoms with van der Waals surface area (Å²) in [7, 11) is 3.87. The third kappa shape index (κ3) is 1.16. The first-order valence-electron chi connectivity index (χ1n) is 9.23. The predicted octanol–water partition coefficient (Wildman–Crippen LogP) is -0.277. The number of carbonyl (C=O) groups is 4. The quantitative estimate of drug-likeness (QED) is 0.367. The van der Waals surface area contributed by atoms with Crippen molar-refractivity contribution in [2.45, 2.75) is 49.2 Å². The molecule has 9 heteroatoms. The Morgan fingerprint density at radius 2 is 1.86 bits per heavy atom. The topological polar surface area (TPSA) is 108 Å². The van der Waals surface area contributed by atoms with Crippen LogP contribution in [-0.4, -0.2) is 72.8 Å². The Balaban J connectivity index is 2.01. The first kappa shape index (κ1) is 17.8. The Morgan fingerprint density at radius 1 is 1.18 bits per heavy atom. The lowest BCUT2D eigenvalue weighted by atomic mass is 9.41. The van der Waals surface area contributed by atoms with Gasteiger partial charge in [-0.2, -0.15) is 0 Å². The lowest BCUT2D eigenvalue weighted by Gasteiger charge is -2.59. The van der Waals surface area contributed by atoms with Crippen molar-refractivity contribution in [3.8, 4) is 0 Å². The number of ether oxygens (including phenoxy) is 4. The molecule has 0 unspecified atom stereocenters. The average Bonchev–Trinajstić information content (AvgIpc) is 3.35. The second-order valence-electron chi connectivity index (χ2n) is 8.17. The van der Waals surface area contributed by atoms with Crippen LogP contribution in [0.3, 0.4) is 0 Å². The summed E-state index contributed by atoms with van der Waals surface area (Å²) in [6, 6.07) is 0. The molecule has 4 heterocycles. The number of esters is 2. The van der Waals surface area contributed by atoms with E-state index in [2.05, 4.69) is 0 Å². The van der Waals surface area contributed by atoms with Crippen LogP contribution in [0.5, 0.6) is 0 Å². The van der Waals surface area contributed by atoms with Crippen molar-refractivity contribution in [3.63, 3.8) is 0 Å². The number of ketones is 1. The van der Waals surface area contributed by atoms with E-state index < -0.39 is 57.5 Å². The van der Waals surface area contributed by atoms with E-state index >= 15 is 0 Å². The molecule has 4 fully saturated rings. The number of Topliss-reactive ketones (excluding diaryl/α,β-unsaturated/α-hetero) is 1. The fourth-order valence-corrected chi connectivity index (χ4v) is 7.03. The number of fused-ring (bicyclic) bond motifs is 4. The summed E-state index contributed by atoms with van der Waals surface area (Å²) in [6.45, 7) is 1.19. The number of hydrogen-bond donors (Lipinski definition) is 0. The number of methoxy groups -OCH3 is 2. The Hall–Kier alpha value is -2.26. The average molecular weight is 391 g/mol. The van der Waals surface area contributed by atoms with Gasteiger partial charge in [0.2, 0.25) is 5.60 Å². The van der Waals surface area contributed by atoms with Crippen LogP contribution < -0.4 is 0 Å². The predicted molar refractivity (Wildman–Crippen MR) is 89.5 cm³/mol. The zero-order valence-electron chi connectivity index (χ0n) is 16.1. The van der Waals surface area contributed by atoms with Gasteiger partial charge >= 0.3 is 11.9 Å². The molecular weight excluding hydrogens is 370 g/mol. The number of nitrogens with zero attached hydrogens (tertiary/aromatic N) is 1. The highest BCUT2D eigenvalue weighted by molar-refractivity contribution is 6.19. The maximum atomic E-state index is 13.6. The molecule has 0 radical (unpaired) electrons. The van der Waals surface area contributed by atoms with Gasteiger partial charge in [0, 0.05) is 7.05 Å². The van der Waals surface area contributed by atoms with Crippen molar-refractivity contribution in [1.82, 2.24) is 4.90 Å². The van der Waals surface area contributed by atoms with Crippen LogP contribution in [0.4, 0.5) is 0 Å². The fraction of sp³-hybridized carbons (Fsp3) is 0.684. The van der Waals surface area contributed by atoms with E-state index in [0.717, 1.165) is 7.11 Å². The van der Waals surface area contributed by atoms with Gasteiger partial charge in [-0.1, -0.05) is 12.2 Å². The largest absolute Gasteiger partial charge is 0.468 e. The Morgan fingerprint density at radius 3 is 2.46 bits per heavy atom. The van der Waals surface area contributed by atoms with Gasteiger partial charge in [-0.25, -0.2) is 0 Å². The van der Waals surface area contributed by atoms with E-state index in [1.54, 1.807) is 12.2 Å². The summed E-state index contributed by atoms with van der Waals surface area (Å²) in [5, 5.41) is 0. The number of amides is 1. The molecule has 4 bridgehead atoms. The first-order chi connectivity index (χ1) is 13.2. The van der Waals surface area contributed by atoms with E-state index in [9.17, 15) is 19.2 Å². The van der Waals surface area contributed by atoms with Gasteiger partial charge in [-0.05, 0) is 26.2 Å². The van der Waals surface area contributed by atoms with E-state index in [1.807, 2.05) is 0 Å². The van der Waals surface area contributed by atoms with E-state index in [-0.39, 0.29) is 6.42 Å². The summed E-state index contributed by atoms with van der Waals surface area (Å²) >= 11 is 0. The molecule has 150 valence electrons. The van der Waals surface area contributed by atoms with Crippen LogP contribution in [0, 0.1) is 10.8 Å². The van der Waals surface area contributed by atoms with Crippen molar-refractivity contribution in [2.75, 3.05) is 21.3 Å². The molecule has 5 rings (SSSR count). The lowest BCUT2D eigenvalue weighted by Crippen LogP contribution is -2.81. The normalized spacial score (nSPS) is 49.4. The third-order valence-electron chi connectivity index (χ3n) is 7.70. The maximum absolute atomic E-state index is 13.6. The summed E-state index contributed by atoms with van der Waals surface area (Å²) < 4.78 is 22.9. The molecule has 1 saturated carbocycles. The Bertz CT molecular complexity index is 898. The smallest absolute Gasteiger partial charge is 0.321 e. The summed E-state index contributed by atoms with van der Waals surface area (Å²) in [4.78, 5) is 54.8. The number of likely N-dealkylation sites (N-methyl/N-ethyl adjacent to an activating group) is 1. The van der Waals surface area contributed by atoms with Crippen molar-refractivity contribution in [1.29, 1.82) is 0 Å². The fourth-order valence-electron chi connectivity index (χ4n) is 7.03. The third-order valence-corrected chi connectivity index (χ3v) is 7.70. The van der Waals surface area contributed by atoms with E-state index in [1.165, 1.54) is 26.0 Å². The molecule has 28 heavy (non-hydrogen) atoms. The van der Waals surface area contributed by atoms with E-state index in [4.69, 9.17) is 18.9 Å². The SMILES string of the molecule is COC(=O)[C@]12[C@H]3C=C[C@]4(CCC[C@]5(O[C@]1(C(C)=O)C(=O)N5C)[C@]24C(=O)OC)O3. The minimum absolute atomic E-state index is 0.268. The van der Waals surface area contributed by atoms with Crippen molar-refractivity contribution >= 4 is 23.6 Å². The van der Waals surface area contributed by atoms with Crippen LogP contribution in [-0.2, 0) is 38.1 Å². The summed E-state index contributed by atoms with van der Waals surface area (Å²) in [5.74, 6) is -2.95. The highest BCUT2D eigenvalue weighted by atomic mass is 16.6.